The van der Waals surface area contributed by atoms with E-state index in [1.165, 1.54) is 5.56 Å². The summed E-state index contributed by atoms with van der Waals surface area (Å²) in [5.74, 6) is 0. The highest BCUT2D eigenvalue weighted by Gasteiger charge is 2.31. The second-order valence-electron chi connectivity index (χ2n) is 6.17. The smallest absolute Gasteiger partial charge is 0.228 e. The molecule has 4 heteroatoms. The van der Waals surface area contributed by atoms with Crippen LogP contribution in [0.5, 0.6) is 0 Å². The summed E-state index contributed by atoms with van der Waals surface area (Å²) < 4.78 is 0. The Labute approximate surface area is 140 Å². The number of nitro groups is 1. The molecule has 4 nitrogen and oxygen atoms in total. The van der Waals surface area contributed by atoms with Crippen LogP contribution < -0.4 is 4.90 Å². The molecule has 1 unspecified atom stereocenters. The molecule has 1 aliphatic rings. The van der Waals surface area contributed by atoms with E-state index < -0.39 is 0 Å². The third-order valence-electron chi connectivity index (χ3n) is 4.81. The maximum absolute atomic E-state index is 11.3. The number of hydrogen-bond donors (Lipinski definition) is 0. The van der Waals surface area contributed by atoms with Gasteiger partial charge >= 0.3 is 0 Å². The van der Waals surface area contributed by atoms with E-state index in [1.807, 2.05) is 36.4 Å². The second kappa shape index (κ2) is 5.96. The van der Waals surface area contributed by atoms with Crippen LogP contribution in [0.3, 0.4) is 0 Å². The Bertz CT molecular complexity index is 902. The molecule has 0 aromatic heterocycles. The van der Waals surface area contributed by atoms with Crippen molar-refractivity contribution >= 4 is 16.5 Å². The van der Waals surface area contributed by atoms with Gasteiger partial charge in [0.05, 0.1) is 0 Å². The van der Waals surface area contributed by atoms with E-state index in [9.17, 15) is 10.1 Å². The highest BCUT2D eigenvalue weighted by molar-refractivity contribution is 5.94. The van der Waals surface area contributed by atoms with E-state index in [-0.39, 0.29) is 17.5 Å². The number of benzene rings is 3. The summed E-state index contributed by atoms with van der Waals surface area (Å²) in [6.07, 6.45) is 0.910. The SMILES string of the molecule is O=[N+]([O-])CC1c2ccccc2CCN1c1cccc2ccccc12. The van der Waals surface area contributed by atoms with Gasteiger partial charge in [0, 0.05) is 22.5 Å². The van der Waals surface area contributed by atoms with Crippen molar-refractivity contribution in [1.82, 2.24) is 0 Å². The fourth-order valence-electron chi connectivity index (χ4n) is 3.74. The summed E-state index contributed by atoms with van der Waals surface area (Å²) in [7, 11) is 0. The van der Waals surface area contributed by atoms with Gasteiger partial charge in [0.25, 0.3) is 0 Å². The van der Waals surface area contributed by atoms with Gasteiger partial charge < -0.3 is 4.90 Å². The minimum atomic E-state index is -0.226. The van der Waals surface area contributed by atoms with Crippen molar-refractivity contribution in [3.05, 3.63) is 88.0 Å². The molecule has 0 amide bonds. The first kappa shape index (κ1) is 14.7. The second-order valence-corrected chi connectivity index (χ2v) is 6.17. The van der Waals surface area contributed by atoms with Crippen molar-refractivity contribution in [1.29, 1.82) is 0 Å². The van der Waals surface area contributed by atoms with Crippen molar-refractivity contribution < 1.29 is 4.92 Å². The van der Waals surface area contributed by atoms with E-state index in [0.29, 0.717) is 0 Å². The zero-order chi connectivity index (χ0) is 16.5. The van der Waals surface area contributed by atoms with Crippen LogP contribution in [0.4, 0.5) is 5.69 Å². The minimum Gasteiger partial charge on any atom is -0.357 e. The van der Waals surface area contributed by atoms with Crippen LogP contribution in [-0.2, 0) is 6.42 Å². The summed E-state index contributed by atoms with van der Waals surface area (Å²) in [5, 5.41) is 13.6. The van der Waals surface area contributed by atoms with Crippen LogP contribution >= 0.6 is 0 Å². The number of rotatable bonds is 3. The largest absolute Gasteiger partial charge is 0.357 e. The van der Waals surface area contributed by atoms with Crippen LogP contribution in [0.15, 0.2) is 66.7 Å². The van der Waals surface area contributed by atoms with Crippen molar-refractivity contribution in [3.63, 3.8) is 0 Å². The number of fused-ring (bicyclic) bond motifs is 2. The third kappa shape index (κ3) is 2.50. The lowest BCUT2D eigenvalue weighted by atomic mass is 9.91. The van der Waals surface area contributed by atoms with Gasteiger partial charge in [0.1, 0.15) is 6.04 Å². The van der Waals surface area contributed by atoms with Crippen LogP contribution in [0.2, 0.25) is 0 Å². The summed E-state index contributed by atoms with van der Waals surface area (Å²) in [5.41, 5.74) is 3.38. The zero-order valence-electron chi connectivity index (χ0n) is 13.3. The van der Waals surface area contributed by atoms with Crippen LogP contribution in [0, 0.1) is 10.1 Å². The van der Waals surface area contributed by atoms with Gasteiger partial charge in [0.15, 0.2) is 0 Å². The topological polar surface area (TPSA) is 46.4 Å². The molecule has 0 spiro atoms. The molecule has 0 bridgehead atoms. The van der Waals surface area contributed by atoms with Gasteiger partial charge in [0.2, 0.25) is 6.54 Å². The maximum Gasteiger partial charge on any atom is 0.228 e. The van der Waals surface area contributed by atoms with E-state index in [0.717, 1.165) is 35.0 Å². The first-order valence-electron chi connectivity index (χ1n) is 8.18. The highest BCUT2D eigenvalue weighted by Crippen LogP contribution is 2.37. The van der Waals surface area contributed by atoms with Crippen molar-refractivity contribution in [3.8, 4) is 0 Å². The van der Waals surface area contributed by atoms with Crippen molar-refractivity contribution in [2.45, 2.75) is 12.5 Å². The van der Waals surface area contributed by atoms with Gasteiger partial charge in [-0.3, -0.25) is 10.1 Å². The summed E-state index contributed by atoms with van der Waals surface area (Å²) >= 11 is 0. The molecule has 0 saturated heterocycles. The summed E-state index contributed by atoms with van der Waals surface area (Å²) in [6.45, 7) is 0.712. The van der Waals surface area contributed by atoms with E-state index >= 15 is 0 Å². The van der Waals surface area contributed by atoms with E-state index in [4.69, 9.17) is 0 Å². The third-order valence-corrected chi connectivity index (χ3v) is 4.81. The molecule has 1 aliphatic heterocycles. The van der Waals surface area contributed by atoms with Crippen LogP contribution in [-0.4, -0.2) is 18.0 Å². The van der Waals surface area contributed by atoms with Crippen molar-refractivity contribution in [2.24, 2.45) is 0 Å². The quantitative estimate of drug-likeness (QED) is 0.536. The Hall–Kier alpha value is -2.88. The maximum atomic E-state index is 11.3. The molecule has 0 radical (unpaired) electrons. The van der Waals surface area contributed by atoms with Gasteiger partial charge in [-0.2, -0.15) is 0 Å². The Balaban J connectivity index is 1.85. The minimum absolute atomic E-state index is 0.0831. The Morgan fingerprint density at radius 3 is 2.62 bits per heavy atom. The molecule has 3 aromatic rings. The van der Waals surface area contributed by atoms with E-state index in [1.54, 1.807) is 0 Å². The standard InChI is InChI=1S/C20H18N2O2/c23-22(24)14-20-18-10-4-2-7-16(18)12-13-21(20)19-11-5-8-15-6-1-3-9-17(15)19/h1-11,20H,12-14H2. The molecule has 0 N–H and O–H groups in total. The monoisotopic (exact) mass is 318 g/mol. The number of nitrogens with zero attached hydrogens (tertiary/aromatic N) is 2. The lowest BCUT2D eigenvalue weighted by Gasteiger charge is -2.37. The molecule has 1 atom stereocenters. The Morgan fingerprint density at radius 1 is 1.00 bits per heavy atom. The molecule has 1 heterocycles. The number of hydrogen-bond acceptors (Lipinski definition) is 3. The Kier molecular flexibility index (Phi) is 3.65. The number of anilines is 1. The normalized spacial score (nSPS) is 16.8. The molecule has 0 aliphatic carbocycles. The molecule has 4 rings (SSSR count). The molecule has 0 saturated carbocycles. The van der Waals surface area contributed by atoms with Gasteiger partial charge in [-0.1, -0.05) is 60.7 Å². The first-order valence-corrected chi connectivity index (χ1v) is 8.18. The zero-order valence-corrected chi connectivity index (χ0v) is 13.3. The molecular weight excluding hydrogens is 300 g/mol. The van der Waals surface area contributed by atoms with Gasteiger partial charge in [-0.15, -0.1) is 0 Å². The average Bonchev–Trinajstić information content (AvgIpc) is 2.61. The van der Waals surface area contributed by atoms with Crippen LogP contribution in [0.1, 0.15) is 17.2 Å². The summed E-state index contributed by atoms with van der Waals surface area (Å²) in [6, 6.07) is 22.3. The molecular formula is C20H18N2O2. The fraction of sp³-hybridized carbons (Fsp3) is 0.200. The van der Waals surface area contributed by atoms with Gasteiger partial charge in [-0.05, 0) is 29.0 Å². The van der Waals surface area contributed by atoms with Gasteiger partial charge in [-0.25, -0.2) is 0 Å². The molecule has 24 heavy (non-hydrogen) atoms. The molecule has 0 fully saturated rings. The van der Waals surface area contributed by atoms with Crippen LogP contribution in [0.25, 0.3) is 10.8 Å². The first-order chi connectivity index (χ1) is 11.7. The van der Waals surface area contributed by atoms with E-state index in [2.05, 4.69) is 35.2 Å². The Morgan fingerprint density at radius 2 is 1.75 bits per heavy atom. The predicted octanol–water partition coefficient (Wildman–Crippen LogP) is 4.22. The predicted molar refractivity (Wildman–Crippen MR) is 96.0 cm³/mol. The molecule has 3 aromatic carbocycles. The molecule has 120 valence electrons. The average molecular weight is 318 g/mol. The fourth-order valence-corrected chi connectivity index (χ4v) is 3.74. The highest BCUT2D eigenvalue weighted by atomic mass is 16.6. The van der Waals surface area contributed by atoms with Crippen molar-refractivity contribution in [2.75, 3.05) is 18.0 Å². The summed E-state index contributed by atoms with van der Waals surface area (Å²) in [4.78, 5) is 13.3. The lowest BCUT2D eigenvalue weighted by molar-refractivity contribution is -0.483. The lowest BCUT2D eigenvalue weighted by Crippen LogP contribution is -2.39.